The second-order valence-electron chi connectivity index (χ2n) is 5.12. The van der Waals surface area contributed by atoms with Gasteiger partial charge < -0.3 is 0 Å². The minimum atomic E-state index is 0.492. The van der Waals surface area contributed by atoms with E-state index in [2.05, 4.69) is 20.8 Å². The van der Waals surface area contributed by atoms with Gasteiger partial charge in [-0.15, -0.1) is 0 Å². The summed E-state index contributed by atoms with van der Waals surface area (Å²) >= 11 is 0. The summed E-state index contributed by atoms with van der Waals surface area (Å²) in [6, 6.07) is 0. The maximum absolute atomic E-state index is 6.02. The minimum Gasteiger partial charge on any atom is -0.0743 e. The van der Waals surface area contributed by atoms with Crippen molar-refractivity contribution >= 4 is 7.85 Å². The maximum atomic E-state index is 6.02. The van der Waals surface area contributed by atoms with Gasteiger partial charge >= 0.3 is 0 Å². The average Bonchev–Trinajstić information content (AvgIpc) is 1.93. The highest BCUT2D eigenvalue weighted by molar-refractivity contribution is 6.12. The molecule has 0 aromatic rings. The molecule has 0 aliphatic heterocycles. The van der Waals surface area contributed by atoms with Crippen LogP contribution in [0.4, 0.5) is 0 Å². The molecule has 0 heterocycles. The molecule has 2 bridgehead atoms. The Balaban J connectivity index is 2.17. The molecule has 3 aliphatic carbocycles. The van der Waals surface area contributed by atoms with Gasteiger partial charge in [0.25, 0.3) is 0 Å². The summed E-state index contributed by atoms with van der Waals surface area (Å²) in [7, 11) is 6.02. The molecule has 1 heteroatoms. The SMILES string of the molecule is [B][C@@H]1CC2CC([C@H]1C)C2(C)C. The van der Waals surface area contributed by atoms with E-state index < -0.39 is 0 Å². The zero-order chi connectivity index (χ0) is 8.22. The van der Waals surface area contributed by atoms with Crippen LogP contribution in [0, 0.1) is 23.2 Å². The molecule has 2 radical (unpaired) electrons. The van der Waals surface area contributed by atoms with E-state index in [9.17, 15) is 0 Å². The van der Waals surface area contributed by atoms with Gasteiger partial charge in [0, 0.05) is 0 Å². The van der Waals surface area contributed by atoms with Crippen LogP contribution in [0.1, 0.15) is 33.6 Å². The molecule has 3 rings (SSSR count). The Morgan fingerprint density at radius 3 is 2.27 bits per heavy atom. The summed E-state index contributed by atoms with van der Waals surface area (Å²) in [5, 5.41) is 0. The van der Waals surface area contributed by atoms with Crippen molar-refractivity contribution in [2.75, 3.05) is 0 Å². The van der Waals surface area contributed by atoms with Gasteiger partial charge in [-0.1, -0.05) is 33.0 Å². The molecule has 0 aromatic carbocycles. The second kappa shape index (κ2) is 2.05. The van der Waals surface area contributed by atoms with Gasteiger partial charge in [-0.2, -0.15) is 0 Å². The Hall–Kier alpha value is 0.0649. The first-order valence-corrected chi connectivity index (χ1v) is 4.79. The molecule has 4 atom stereocenters. The van der Waals surface area contributed by atoms with Gasteiger partial charge in [-0.3, -0.25) is 0 Å². The molecule has 0 aromatic heterocycles. The Bertz CT molecular complexity index is 174. The molecule has 2 unspecified atom stereocenters. The van der Waals surface area contributed by atoms with E-state index in [1.54, 1.807) is 0 Å². The van der Waals surface area contributed by atoms with Crippen molar-refractivity contribution in [3.63, 3.8) is 0 Å². The lowest BCUT2D eigenvalue weighted by Gasteiger charge is -2.62. The van der Waals surface area contributed by atoms with Crippen molar-refractivity contribution in [3.05, 3.63) is 0 Å². The highest BCUT2D eigenvalue weighted by atomic mass is 14.6. The molecule has 3 saturated carbocycles. The zero-order valence-electron chi connectivity index (χ0n) is 7.80. The molecule has 0 saturated heterocycles. The highest BCUT2D eigenvalue weighted by Gasteiger charge is 2.54. The van der Waals surface area contributed by atoms with Gasteiger partial charge in [0.1, 0.15) is 0 Å². The summed E-state index contributed by atoms with van der Waals surface area (Å²) in [5.74, 6) is 3.09. The number of rotatable bonds is 0. The lowest BCUT2D eigenvalue weighted by molar-refractivity contribution is -0.0979. The summed E-state index contributed by atoms with van der Waals surface area (Å²) in [6.45, 7) is 7.15. The van der Waals surface area contributed by atoms with E-state index in [4.69, 9.17) is 7.85 Å². The standard InChI is InChI=1S/C10H17B/c1-6-8-4-7(5-9(6)11)10(8,2)3/h6-9H,4-5H2,1-3H3/t6-,7?,8?,9-/m1/s1. The van der Waals surface area contributed by atoms with Crippen LogP contribution in [-0.2, 0) is 0 Å². The smallest absolute Gasteiger partial charge is 0.0703 e. The lowest BCUT2D eigenvalue weighted by atomic mass is 9.41. The molecule has 0 amide bonds. The van der Waals surface area contributed by atoms with Crippen LogP contribution in [0.2, 0.25) is 5.82 Å². The quantitative estimate of drug-likeness (QED) is 0.463. The van der Waals surface area contributed by atoms with Gasteiger partial charge in [0.2, 0.25) is 0 Å². The summed E-state index contributed by atoms with van der Waals surface area (Å²) in [5.41, 5.74) is 0.606. The molecule has 0 N–H and O–H groups in total. The summed E-state index contributed by atoms with van der Waals surface area (Å²) < 4.78 is 0. The molecular weight excluding hydrogens is 131 g/mol. The van der Waals surface area contributed by atoms with E-state index in [1.165, 1.54) is 12.8 Å². The number of hydrogen-bond acceptors (Lipinski definition) is 0. The third kappa shape index (κ3) is 0.831. The van der Waals surface area contributed by atoms with Crippen LogP contribution >= 0.6 is 0 Å². The molecule has 60 valence electrons. The van der Waals surface area contributed by atoms with Crippen LogP contribution in [0.3, 0.4) is 0 Å². The van der Waals surface area contributed by atoms with Gasteiger partial charge in [-0.05, 0) is 29.6 Å². The van der Waals surface area contributed by atoms with Crippen LogP contribution in [0.25, 0.3) is 0 Å². The Labute approximate surface area is 71.2 Å². The fourth-order valence-corrected chi connectivity index (χ4v) is 3.19. The first-order chi connectivity index (χ1) is 5.03. The zero-order valence-corrected chi connectivity index (χ0v) is 7.80. The van der Waals surface area contributed by atoms with E-state index >= 15 is 0 Å². The largest absolute Gasteiger partial charge is 0.0743 e. The van der Waals surface area contributed by atoms with Crippen LogP contribution in [0.5, 0.6) is 0 Å². The maximum Gasteiger partial charge on any atom is 0.0703 e. The van der Waals surface area contributed by atoms with Crippen molar-refractivity contribution in [3.8, 4) is 0 Å². The van der Waals surface area contributed by atoms with Crippen LogP contribution in [-0.4, -0.2) is 7.85 Å². The summed E-state index contributed by atoms with van der Waals surface area (Å²) in [4.78, 5) is 0. The fraction of sp³-hybridized carbons (Fsp3) is 1.00. The third-order valence-corrected chi connectivity index (χ3v) is 4.41. The molecule has 3 aliphatic rings. The van der Waals surface area contributed by atoms with Crippen molar-refractivity contribution in [2.24, 2.45) is 23.2 Å². The lowest BCUT2D eigenvalue weighted by Crippen LogP contribution is -2.53. The Morgan fingerprint density at radius 2 is 1.91 bits per heavy atom. The highest BCUT2D eigenvalue weighted by Crippen LogP contribution is 2.63. The minimum absolute atomic E-state index is 0.492. The Kier molecular flexibility index (Phi) is 1.44. The average molecular weight is 148 g/mol. The first kappa shape index (κ1) is 7.70. The normalized spacial score (nSPS) is 53.4. The van der Waals surface area contributed by atoms with E-state index in [0.29, 0.717) is 11.2 Å². The molecule has 11 heavy (non-hydrogen) atoms. The van der Waals surface area contributed by atoms with Gasteiger partial charge in [0.05, 0.1) is 7.85 Å². The molecule has 0 nitrogen and oxygen atoms in total. The summed E-state index contributed by atoms with van der Waals surface area (Å²) in [6.07, 6.45) is 2.71. The molecular formula is C10H17B. The Morgan fingerprint density at radius 1 is 1.27 bits per heavy atom. The predicted molar refractivity (Wildman–Crippen MR) is 48.7 cm³/mol. The van der Waals surface area contributed by atoms with Gasteiger partial charge in [0.15, 0.2) is 0 Å². The fourth-order valence-electron chi connectivity index (χ4n) is 3.19. The molecule has 3 fully saturated rings. The second-order valence-corrected chi connectivity index (χ2v) is 5.12. The number of fused-ring (bicyclic) bond motifs is 2. The first-order valence-electron chi connectivity index (χ1n) is 4.79. The number of hydrogen-bond donors (Lipinski definition) is 0. The van der Waals surface area contributed by atoms with E-state index in [0.717, 1.165) is 17.8 Å². The van der Waals surface area contributed by atoms with Gasteiger partial charge in [-0.25, -0.2) is 0 Å². The van der Waals surface area contributed by atoms with E-state index in [-0.39, 0.29) is 0 Å². The topological polar surface area (TPSA) is 0 Å². The monoisotopic (exact) mass is 148 g/mol. The van der Waals surface area contributed by atoms with Crippen LogP contribution in [0.15, 0.2) is 0 Å². The van der Waals surface area contributed by atoms with Crippen molar-refractivity contribution in [1.82, 2.24) is 0 Å². The van der Waals surface area contributed by atoms with Crippen molar-refractivity contribution in [2.45, 2.75) is 39.4 Å². The van der Waals surface area contributed by atoms with Crippen molar-refractivity contribution < 1.29 is 0 Å². The third-order valence-electron chi connectivity index (χ3n) is 4.41. The predicted octanol–water partition coefficient (Wildman–Crippen LogP) is 2.65. The van der Waals surface area contributed by atoms with Crippen molar-refractivity contribution in [1.29, 1.82) is 0 Å². The van der Waals surface area contributed by atoms with Crippen LogP contribution < -0.4 is 0 Å². The van der Waals surface area contributed by atoms with E-state index in [1.807, 2.05) is 0 Å². The molecule has 0 spiro atoms.